The molecule has 0 aromatic heterocycles. The number of aryl methyl sites for hydroxylation is 1. The van der Waals surface area contributed by atoms with Crippen LogP contribution in [-0.2, 0) is 23.6 Å². The average Bonchev–Trinajstić information content (AvgIpc) is 2.46. The van der Waals surface area contributed by atoms with Gasteiger partial charge in [0, 0.05) is 11.8 Å². The summed E-state index contributed by atoms with van der Waals surface area (Å²) >= 11 is -0.556. The Kier molecular flexibility index (Phi) is 9.69. The summed E-state index contributed by atoms with van der Waals surface area (Å²) in [4.78, 5) is 2.01. The summed E-state index contributed by atoms with van der Waals surface area (Å²) in [5.74, 6) is 0.0814. The van der Waals surface area contributed by atoms with E-state index >= 15 is 0 Å². The Hall–Kier alpha value is -0.146. The second-order valence-corrected chi connectivity index (χ2v) is 9.16. The Morgan fingerprint density at radius 3 is 2.39 bits per heavy atom. The maximum absolute atomic E-state index is 13.4. The first-order valence-corrected chi connectivity index (χ1v) is 12.1. The number of nitrogens with zero attached hydrogens (tertiary/aromatic N) is 1. The van der Waals surface area contributed by atoms with Gasteiger partial charge in [-0.15, -0.1) is 0 Å². The number of benzene rings is 2. The molecule has 0 bridgehead atoms. The van der Waals surface area contributed by atoms with Crippen LogP contribution in [0, 0.1) is 12.7 Å². The second kappa shape index (κ2) is 10.7. The molecule has 2 nitrogen and oxygen atoms in total. The molecule has 0 aliphatic heterocycles. The van der Waals surface area contributed by atoms with Crippen LogP contribution in [0.25, 0.3) is 0 Å². The van der Waals surface area contributed by atoms with E-state index in [4.69, 9.17) is 18.6 Å². The van der Waals surface area contributed by atoms with E-state index in [0.29, 0.717) is 20.9 Å². The van der Waals surface area contributed by atoms with E-state index in [-0.39, 0.29) is 5.82 Å². The Balaban J connectivity index is 0.000000816. The molecule has 0 spiro atoms. The minimum atomic E-state index is -0.556. The predicted octanol–water partition coefficient (Wildman–Crippen LogP) is 3.91. The van der Waals surface area contributed by atoms with Crippen molar-refractivity contribution in [3.05, 3.63) is 53.3 Å². The fourth-order valence-electron chi connectivity index (χ4n) is 2.05. The van der Waals surface area contributed by atoms with Crippen LogP contribution >= 0.6 is 27.2 Å². The van der Waals surface area contributed by atoms with Crippen LogP contribution in [0.5, 0.6) is 5.75 Å². The molecule has 2 rings (SSSR count). The first kappa shape index (κ1) is 20.9. The van der Waals surface area contributed by atoms with E-state index in [9.17, 15) is 9.50 Å². The summed E-state index contributed by atoms with van der Waals surface area (Å²) in [5, 5.41) is 11.9. The SMILES string of the molecule is Cc1ccc(O)c(Pc2ccc(F)cc2CN(C)C)c1.[Cl][Ti][Cl]. The van der Waals surface area contributed by atoms with Crippen LogP contribution in [0.1, 0.15) is 11.1 Å². The predicted molar refractivity (Wildman–Crippen MR) is 95.9 cm³/mol. The number of halogens is 3. The van der Waals surface area contributed by atoms with Crippen molar-refractivity contribution in [3.8, 4) is 5.75 Å². The molecule has 0 saturated heterocycles. The van der Waals surface area contributed by atoms with Gasteiger partial charge in [-0.25, -0.2) is 4.39 Å². The van der Waals surface area contributed by atoms with Gasteiger partial charge in [0.2, 0.25) is 0 Å². The number of phenols is 1. The van der Waals surface area contributed by atoms with Crippen molar-refractivity contribution in [2.75, 3.05) is 14.1 Å². The van der Waals surface area contributed by atoms with Crippen LogP contribution in [0.15, 0.2) is 36.4 Å². The van der Waals surface area contributed by atoms with Gasteiger partial charge >= 0.3 is 35.6 Å². The van der Waals surface area contributed by atoms with E-state index in [2.05, 4.69) is 0 Å². The topological polar surface area (TPSA) is 23.5 Å². The van der Waals surface area contributed by atoms with Crippen molar-refractivity contribution in [1.29, 1.82) is 0 Å². The van der Waals surface area contributed by atoms with Crippen LogP contribution in [0.2, 0.25) is 0 Å². The molecule has 0 saturated carbocycles. The monoisotopic (exact) mass is 409 g/mol. The van der Waals surface area contributed by atoms with Crippen molar-refractivity contribution >= 4 is 37.8 Å². The van der Waals surface area contributed by atoms with Crippen LogP contribution < -0.4 is 10.6 Å². The fraction of sp³-hybridized carbons (Fsp3) is 0.250. The quantitative estimate of drug-likeness (QED) is 0.611. The summed E-state index contributed by atoms with van der Waals surface area (Å²) in [6, 6.07) is 10.5. The second-order valence-electron chi connectivity index (χ2n) is 5.26. The molecule has 124 valence electrons. The molecular weight excluding hydrogens is 391 g/mol. The molecule has 2 aromatic carbocycles. The van der Waals surface area contributed by atoms with Crippen molar-refractivity contribution in [1.82, 2.24) is 4.90 Å². The van der Waals surface area contributed by atoms with Gasteiger partial charge in [-0.3, -0.25) is 0 Å². The third kappa shape index (κ3) is 7.52. The summed E-state index contributed by atoms with van der Waals surface area (Å²) in [6.07, 6.45) is 0. The van der Waals surface area contributed by atoms with Crippen molar-refractivity contribution < 1.29 is 26.5 Å². The Labute approximate surface area is 155 Å². The van der Waals surface area contributed by atoms with Gasteiger partial charge in [-0.1, -0.05) is 26.3 Å². The molecule has 0 radical (unpaired) electrons. The van der Waals surface area contributed by atoms with E-state index in [1.165, 1.54) is 6.07 Å². The average molecular weight is 410 g/mol. The summed E-state index contributed by atoms with van der Waals surface area (Å²) in [7, 11) is 14.0. The molecule has 7 heteroatoms. The van der Waals surface area contributed by atoms with Gasteiger partial charge in [0.15, 0.2) is 0 Å². The third-order valence-corrected chi connectivity index (χ3v) is 4.40. The number of phenolic OH excluding ortho intramolecular Hbond substituents is 1. The van der Waals surface area contributed by atoms with E-state index < -0.39 is 17.0 Å². The van der Waals surface area contributed by atoms with Gasteiger partial charge in [0.05, 0.1) is 0 Å². The summed E-state index contributed by atoms with van der Waals surface area (Å²) < 4.78 is 13.4. The summed E-state index contributed by atoms with van der Waals surface area (Å²) in [5.41, 5.74) is 2.08. The Morgan fingerprint density at radius 2 is 1.78 bits per heavy atom. The van der Waals surface area contributed by atoms with E-state index in [0.717, 1.165) is 21.7 Å². The van der Waals surface area contributed by atoms with Crippen LogP contribution in [0.3, 0.4) is 0 Å². The van der Waals surface area contributed by atoms with E-state index in [1.54, 1.807) is 12.1 Å². The van der Waals surface area contributed by atoms with Crippen LogP contribution in [-0.4, -0.2) is 24.1 Å². The first-order valence-electron chi connectivity index (χ1n) is 6.83. The maximum atomic E-state index is 13.4. The Morgan fingerprint density at radius 1 is 1.13 bits per heavy atom. The standard InChI is InChI=1S/C16H19FNOP.2ClH.Ti/c1-11-4-6-14(19)16(8-11)20-15-7-5-13(17)9-12(15)10-18(2)3;;;/h4-9,19-20H,10H2,1-3H3;2*1H;/q;;;+2/p-2. The molecule has 1 atom stereocenters. The number of aromatic hydroxyl groups is 1. The molecular formula is C16H19Cl2FNOPTi. The van der Waals surface area contributed by atoms with Crippen molar-refractivity contribution in [2.45, 2.75) is 13.5 Å². The van der Waals surface area contributed by atoms with Gasteiger partial charge in [-0.2, -0.15) is 0 Å². The molecule has 0 aliphatic carbocycles. The molecule has 0 amide bonds. The Bertz CT molecular complexity index is 643. The number of rotatable bonds is 4. The van der Waals surface area contributed by atoms with Gasteiger partial charge in [0.25, 0.3) is 0 Å². The molecule has 0 heterocycles. The van der Waals surface area contributed by atoms with E-state index in [1.807, 2.05) is 44.1 Å². The molecule has 23 heavy (non-hydrogen) atoms. The molecule has 2 aromatic rings. The fourth-order valence-corrected chi connectivity index (χ4v) is 3.33. The van der Waals surface area contributed by atoms with Crippen molar-refractivity contribution in [3.63, 3.8) is 0 Å². The molecule has 1 N–H and O–H groups in total. The normalized spacial score (nSPS) is 10.7. The summed E-state index contributed by atoms with van der Waals surface area (Å²) in [6.45, 7) is 2.69. The number of hydrogen-bond acceptors (Lipinski definition) is 2. The molecule has 0 fully saturated rings. The molecule has 1 unspecified atom stereocenters. The first-order chi connectivity index (χ1) is 10.9. The number of hydrogen-bond donors (Lipinski definition) is 1. The third-order valence-electron chi connectivity index (χ3n) is 2.98. The van der Waals surface area contributed by atoms with Crippen molar-refractivity contribution in [2.24, 2.45) is 0 Å². The zero-order chi connectivity index (χ0) is 17.4. The van der Waals surface area contributed by atoms with Gasteiger partial charge < -0.3 is 10.0 Å². The minimum absolute atomic E-state index is 0.219. The van der Waals surface area contributed by atoms with Gasteiger partial charge in [0.1, 0.15) is 11.6 Å². The zero-order valence-corrected chi connectivity index (χ0v) is 17.3. The van der Waals surface area contributed by atoms with Gasteiger partial charge in [-0.05, 0) is 56.2 Å². The zero-order valence-electron chi connectivity index (χ0n) is 13.2. The van der Waals surface area contributed by atoms with Crippen LogP contribution in [0.4, 0.5) is 4.39 Å². The molecule has 0 aliphatic rings.